The highest BCUT2D eigenvalue weighted by Crippen LogP contribution is 2.29. The molecule has 0 spiro atoms. The Labute approximate surface area is 163 Å². The van der Waals surface area contributed by atoms with Crippen LogP contribution in [-0.2, 0) is 0 Å². The van der Waals surface area contributed by atoms with E-state index in [0.29, 0.717) is 0 Å². The quantitative estimate of drug-likeness (QED) is 0.511. The Bertz CT molecular complexity index is 698. The lowest BCUT2D eigenvalue weighted by Gasteiger charge is -2.02. The SMILES string of the molecule is C#Cc1ccc(NCC2CC2)nc1.Ic1ccc(NCC2CC2)nc1. The summed E-state index contributed by atoms with van der Waals surface area (Å²) in [5.74, 6) is 6.24. The molecule has 2 fully saturated rings. The average molecular weight is 446 g/mol. The molecule has 2 aliphatic carbocycles. The van der Waals surface area contributed by atoms with Gasteiger partial charge in [0.25, 0.3) is 0 Å². The number of aromatic nitrogens is 2. The van der Waals surface area contributed by atoms with E-state index in [0.717, 1.165) is 42.1 Å². The van der Waals surface area contributed by atoms with Crippen LogP contribution < -0.4 is 10.6 Å². The Kier molecular flexibility index (Phi) is 6.51. The first-order valence-electron chi connectivity index (χ1n) is 8.75. The number of hydrogen-bond donors (Lipinski definition) is 2. The van der Waals surface area contributed by atoms with Crippen LogP contribution in [0.2, 0.25) is 0 Å². The Morgan fingerprint density at radius 1 is 0.920 bits per heavy atom. The molecule has 0 aromatic carbocycles. The molecule has 0 radical (unpaired) electrons. The first kappa shape index (κ1) is 18.0. The zero-order chi connectivity index (χ0) is 17.5. The lowest BCUT2D eigenvalue weighted by atomic mass is 10.3. The standard InChI is InChI=1S/C11H12N2.C9H11IN2/c1-2-9-5-6-11(12-7-9)13-8-10-3-4-10;10-8-3-4-9(12-6-8)11-5-7-1-2-7/h1,5-7,10H,3-4,8H2,(H,12,13);3-4,6-7H,1-2,5H2,(H,11,12). The second-order valence-electron chi connectivity index (χ2n) is 6.59. The van der Waals surface area contributed by atoms with Crippen molar-refractivity contribution in [3.8, 4) is 12.3 Å². The Morgan fingerprint density at radius 2 is 1.48 bits per heavy atom. The monoisotopic (exact) mass is 446 g/mol. The molecule has 2 aliphatic rings. The van der Waals surface area contributed by atoms with Gasteiger partial charge in [0.2, 0.25) is 0 Å². The molecule has 130 valence electrons. The van der Waals surface area contributed by atoms with E-state index in [9.17, 15) is 0 Å². The molecular formula is C20H23IN4. The van der Waals surface area contributed by atoms with Crippen LogP contribution in [0.25, 0.3) is 0 Å². The van der Waals surface area contributed by atoms with Crippen LogP contribution in [0.5, 0.6) is 0 Å². The van der Waals surface area contributed by atoms with Gasteiger partial charge < -0.3 is 10.6 Å². The van der Waals surface area contributed by atoms with Crippen molar-refractivity contribution in [2.45, 2.75) is 25.7 Å². The summed E-state index contributed by atoms with van der Waals surface area (Å²) in [5, 5.41) is 6.60. The number of pyridine rings is 2. The van der Waals surface area contributed by atoms with Crippen LogP contribution in [0.3, 0.4) is 0 Å². The van der Waals surface area contributed by atoms with Crippen molar-refractivity contribution in [3.63, 3.8) is 0 Å². The van der Waals surface area contributed by atoms with Gasteiger partial charge in [-0.15, -0.1) is 6.42 Å². The van der Waals surface area contributed by atoms with Gasteiger partial charge in [0.1, 0.15) is 11.6 Å². The summed E-state index contributed by atoms with van der Waals surface area (Å²) in [6.07, 6.45) is 14.3. The summed E-state index contributed by atoms with van der Waals surface area (Å²) in [6, 6.07) is 7.94. The number of halogens is 1. The number of nitrogens with one attached hydrogen (secondary N) is 2. The smallest absolute Gasteiger partial charge is 0.125 e. The van der Waals surface area contributed by atoms with Crippen molar-refractivity contribution in [2.24, 2.45) is 11.8 Å². The van der Waals surface area contributed by atoms with E-state index in [1.54, 1.807) is 6.20 Å². The molecule has 2 saturated carbocycles. The molecule has 5 heteroatoms. The molecule has 0 unspecified atom stereocenters. The predicted molar refractivity (Wildman–Crippen MR) is 112 cm³/mol. The molecule has 2 N–H and O–H groups in total. The summed E-state index contributed by atoms with van der Waals surface area (Å²) in [7, 11) is 0. The van der Waals surface area contributed by atoms with Gasteiger partial charge in [-0.25, -0.2) is 9.97 Å². The van der Waals surface area contributed by atoms with Gasteiger partial charge in [0.05, 0.1) is 0 Å². The van der Waals surface area contributed by atoms with Crippen LogP contribution in [0.15, 0.2) is 36.7 Å². The van der Waals surface area contributed by atoms with Crippen molar-refractivity contribution in [1.29, 1.82) is 0 Å². The maximum atomic E-state index is 5.22. The second-order valence-corrected chi connectivity index (χ2v) is 7.83. The Morgan fingerprint density at radius 3 is 1.88 bits per heavy atom. The van der Waals surface area contributed by atoms with E-state index in [4.69, 9.17) is 6.42 Å². The molecule has 4 nitrogen and oxygen atoms in total. The second kappa shape index (κ2) is 9.04. The summed E-state index contributed by atoms with van der Waals surface area (Å²) < 4.78 is 1.18. The first-order chi connectivity index (χ1) is 12.2. The largest absolute Gasteiger partial charge is 0.370 e. The van der Waals surface area contributed by atoms with Crippen molar-refractivity contribution in [2.75, 3.05) is 23.7 Å². The third-order valence-corrected chi connectivity index (χ3v) is 4.83. The fraction of sp³-hybridized carbons (Fsp3) is 0.400. The zero-order valence-electron chi connectivity index (χ0n) is 14.2. The van der Waals surface area contributed by atoms with E-state index < -0.39 is 0 Å². The molecule has 4 rings (SSSR count). The van der Waals surface area contributed by atoms with Crippen LogP contribution >= 0.6 is 22.6 Å². The summed E-state index contributed by atoms with van der Waals surface area (Å²) in [6.45, 7) is 2.13. The van der Waals surface area contributed by atoms with Crippen LogP contribution in [-0.4, -0.2) is 23.1 Å². The van der Waals surface area contributed by atoms with Gasteiger partial charge in [-0.3, -0.25) is 0 Å². The topological polar surface area (TPSA) is 49.8 Å². The third kappa shape index (κ3) is 6.91. The van der Waals surface area contributed by atoms with Gasteiger partial charge in [-0.2, -0.15) is 0 Å². The summed E-state index contributed by atoms with van der Waals surface area (Å²) in [5.41, 5.74) is 0.831. The maximum absolute atomic E-state index is 5.22. The molecule has 0 saturated heterocycles. The molecule has 0 aliphatic heterocycles. The van der Waals surface area contributed by atoms with E-state index in [1.165, 1.54) is 29.3 Å². The maximum Gasteiger partial charge on any atom is 0.125 e. The molecular weight excluding hydrogens is 423 g/mol. The molecule has 0 bridgehead atoms. The number of terminal acetylenes is 1. The number of nitrogens with zero attached hydrogens (tertiary/aromatic N) is 2. The first-order valence-corrected chi connectivity index (χ1v) is 9.83. The molecule has 0 amide bonds. The minimum atomic E-state index is 0.831. The van der Waals surface area contributed by atoms with Crippen molar-refractivity contribution < 1.29 is 0 Å². The van der Waals surface area contributed by atoms with Gasteiger partial charge in [0, 0.05) is 34.6 Å². The highest BCUT2D eigenvalue weighted by Gasteiger charge is 2.21. The number of rotatable bonds is 6. The molecule has 2 aromatic rings. The van der Waals surface area contributed by atoms with E-state index in [2.05, 4.69) is 55.2 Å². The number of hydrogen-bond acceptors (Lipinski definition) is 4. The van der Waals surface area contributed by atoms with Crippen LogP contribution in [0.1, 0.15) is 31.2 Å². The van der Waals surface area contributed by atoms with Crippen molar-refractivity contribution in [3.05, 3.63) is 45.8 Å². The van der Waals surface area contributed by atoms with Crippen molar-refractivity contribution in [1.82, 2.24) is 9.97 Å². The minimum absolute atomic E-state index is 0.831. The predicted octanol–water partition coefficient (Wildman–Crippen LogP) is 4.39. The Hall–Kier alpha value is -1.81. The van der Waals surface area contributed by atoms with Gasteiger partial charge in [-0.05, 0) is 84.4 Å². The van der Waals surface area contributed by atoms with E-state index >= 15 is 0 Å². The van der Waals surface area contributed by atoms with Gasteiger partial charge >= 0.3 is 0 Å². The Balaban J connectivity index is 0.000000146. The summed E-state index contributed by atoms with van der Waals surface area (Å²) >= 11 is 2.26. The van der Waals surface area contributed by atoms with E-state index in [-0.39, 0.29) is 0 Å². The number of anilines is 2. The fourth-order valence-electron chi connectivity index (χ4n) is 2.21. The highest BCUT2D eigenvalue weighted by atomic mass is 127. The van der Waals surface area contributed by atoms with Crippen molar-refractivity contribution >= 4 is 34.2 Å². The van der Waals surface area contributed by atoms with Gasteiger partial charge in [-0.1, -0.05) is 5.92 Å². The average Bonchev–Trinajstić information content (AvgIpc) is 3.55. The lowest BCUT2D eigenvalue weighted by Crippen LogP contribution is -2.04. The lowest BCUT2D eigenvalue weighted by molar-refractivity contribution is 0.883. The third-order valence-electron chi connectivity index (χ3n) is 4.20. The zero-order valence-corrected chi connectivity index (χ0v) is 16.4. The van der Waals surface area contributed by atoms with Crippen LogP contribution in [0, 0.1) is 27.7 Å². The normalized spacial score (nSPS) is 15.5. The van der Waals surface area contributed by atoms with E-state index in [1.807, 2.05) is 24.4 Å². The highest BCUT2D eigenvalue weighted by molar-refractivity contribution is 14.1. The molecule has 0 atom stereocenters. The molecule has 2 heterocycles. The summed E-state index contributed by atoms with van der Waals surface area (Å²) in [4.78, 5) is 8.46. The van der Waals surface area contributed by atoms with Crippen LogP contribution in [0.4, 0.5) is 11.6 Å². The fourth-order valence-corrected chi connectivity index (χ4v) is 2.53. The van der Waals surface area contributed by atoms with Gasteiger partial charge in [0.15, 0.2) is 0 Å². The minimum Gasteiger partial charge on any atom is -0.370 e. The molecule has 2 aromatic heterocycles. The molecule has 25 heavy (non-hydrogen) atoms.